The van der Waals surface area contributed by atoms with Gasteiger partial charge in [-0.3, -0.25) is 4.79 Å². The van der Waals surface area contributed by atoms with Crippen molar-refractivity contribution in [3.8, 4) is 0 Å². The molecule has 0 bridgehead atoms. The largest absolute Gasteiger partial charge is 0.330 e. The van der Waals surface area contributed by atoms with Crippen molar-refractivity contribution in [2.75, 3.05) is 25.0 Å². The normalized spacial score (nSPS) is 15.5. The van der Waals surface area contributed by atoms with E-state index in [0.29, 0.717) is 42.2 Å². The Balaban J connectivity index is 0.00000392. The molecule has 3 N–H and O–H groups in total. The highest BCUT2D eigenvalue weighted by Gasteiger charge is 2.27. The van der Waals surface area contributed by atoms with Crippen molar-refractivity contribution in [1.29, 1.82) is 0 Å². The summed E-state index contributed by atoms with van der Waals surface area (Å²) in [7, 11) is -3.53. The van der Waals surface area contributed by atoms with Crippen molar-refractivity contribution >= 4 is 34.0 Å². The van der Waals surface area contributed by atoms with Crippen LogP contribution < -0.4 is 11.1 Å². The summed E-state index contributed by atoms with van der Waals surface area (Å²) in [6.45, 7) is 3.62. The summed E-state index contributed by atoms with van der Waals surface area (Å²) in [5, 5.41) is 2.84. The predicted molar refractivity (Wildman–Crippen MR) is 116 cm³/mol. The molecule has 1 saturated heterocycles. The maximum Gasteiger partial charge on any atom is 0.243 e. The molecule has 1 fully saturated rings. The zero-order valence-electron chi connectivity index (χ0n) is 16.8. The molecule has 0 unspecified atom stereocenters. The van der Waals surface area contributed by atoms with Crippen molar-refractivity contribution < 1.29 is 13.2 Å². The Morgan fingerprint density at radius 3 is 2.36 bits per heavy atom. The number of hydrogen-bond acceptors (Lipinski definition) is 4. The first kappa shape index (κ1) is 24.9. The summed E-state index contributed by atoms with van der Waals surface area (Å²) >= 11 is 0. The Morgan fingerprint density at radius 2 is 1.71 bits per heavy atom. The summed E-state index contributed by atoms with van der Waals surface area (Å²) in [6, 6.07) is 5.13. The lowest BCUT2D eigenvalue weighted by atomic mass is 10.1. The molecule has 0 atom stereocenters. The molecule has 2 rings (SSSR count). The number of amides is 1. The fraction of sp³-hybridized carbons (Fsp3) is 0.650. The van der Waals surface area contributed by atoms with Crippen LogP contribution in [0, 0.1) is 6.92 Å². The van der Waals surface area contributed by atoms with Crippen LogP contribution in [0.4, 0.5) is 5.69 Å². The van der Waals surface area contributed by atoms with E-state index in [0.717, 1.165) is 51.4 Å². The third-order valence-corrected chi connectivity index (χ3v) is 7.05. The molecule has 0 aromatic heterocycles. The fourth-order valence-electron chi connectivity index (χ4n) is 3.38. The maximum atomic E-state index is 13.1. The van der Waals surface area contributed by atoms with Gasteiger partial charge in [-0.25, -0.2) is 8.42 Å². The number of halogens is 1. The monoisotopic (exact) mass is 431 g/mol. The van der Waals surface area contributed by atoms with Crippen molar-refractivity contribution in [2.24, 2.45) is 5.73 Å². The smallest absolute Gasteiger partial charge is 0.243 e. The van der Waals surface area contributed by atoms with E-state index < -0.39 is 10.0 Å². The van der Waals surface area contributed by atoms with Gasteiger partial charge in [-0.15, -0.1) is 12.4 Å². The van der Waals surface area contributed by atoms with Gasteiger partial charge in [-0.1, -0.05) is 31.7 Å². The van der Waals surface area contributed by atoms with Gasteiger partial charge in [0, 0.05) is 25.2 Å². The lowest BCUT2D eigenvalue weighted by Gasteiger charge is -2.21. The molecule has 1 heterocycles. The van der Waals surface area contributed by atoms with Crippen LogP contribution in [-0.2, 0) is 14.8 Å². The molecule has 0 spiro atoms. The number of hydrogen-bond donors (Lipinski definition) is 2. The summed E-state index contributed by atoms with van der Waals surface area (Å²) < 4.78 is 27.7. The third-order valence-electron chi connectivity index (χ3n) is 5.01. The summed E-state index contributed by atoms with van der Waals surface area (Å²) in [5.41, 5.74) is 6.71. The molecular weight excluding hydrogens is 398 g/mol. The molecule has 0 saturated carbocycles. The molecule has 6 nitrogen and oxygen atoms in total. The van der Waals surface area contributed by atoms with Crippen LogP contribution in [0.15, 0.2) is 23.1 Å². The number of nitrogens with two attached hydrogens (primary N) is 1. The number of aryl methyl sites for hydroxylation is 1. The molecule has 1 aliphatic heterocycles. The van der Waals surface area contributed by atoms with Crippen LogP contribution in [0.25, 0.3) is 0 Å². The quantitative estimate of drug-likeness (QED) is 0.581. The van der Waals surface area contributed by atoms with Gasteiger partial charge in [-0.05, 0) is 56.8 Å². The lowest BCUT2D eigenvalue weighted by Crippen LogP contribution is -2.32. The topological polar surface area (TPSA) is 92.5 Å². The molecule has 8 heteroatoms. The first-order valence-corrected chi connectivity index (χ1v) is 11.5. The number of carbonyl (C=O) groups excluding carboxylic acids is 1. The summed E-state index contributed by atoms with van der Waals surface area (Å²) in [6.07, 6.45) is 8.21. The first-order chi connectivity index (χ1) is 12.9. The number of unbranched alkanes of at least 4 members (excludes halogenated alkanes) is 3. The van der Waals surface area contributed by atoms with Gasteiger partial charge in [-0.2, -0.15) is 4.31 Å². The second-order valence-corrected chi connectivity index (χ2v) is 9.21. The van der Waals surface area contributed by atoms with Gasteiger partial charge in [0.1, 0.15) is 0 Å². The highest BCUT2D eigenvalue weighted by atomic mass is 35.5. The fourth-order valence-corrected chi connectivity index (χ4v) is 5.15. The minimum atomic E-state index is -3.53. The highest BCUT2D eigenvalue weighted by Crippen LogP contribution is 2.26. The van der Waals surface area contributed by atoms with Crippen LogP contribution in [0.1, 0.15) is 63.4 Å². The van der Waals surface area contributed by atoms with Crippen molar-refractivity contribution in [1.82, 2.24) is 4.31 Å². The van der Waals surface area contributed by atoms with E-state index in [1.165, 1.54) is 0 Å². The Bertz CT molecular complexity index is 717. The van der Waals surface area contributed by atoms with Crippen LogP contribution in [0.3, 0.4) is 0 Å². The van der Waals surface area contributed by atoms with Crippen molar-refractivity contribution in [3.05, 3.63) is 23.8 Å². The van der Waals surface area contributed by atoms with E-state index in [9.17, 15) is 13.2 Å². The third kappa shape index (κ3) is 7.35. The number of sulfonamides is 1. The van der Waals surface area contributed by atoms with E-state index in [-0.39, 0.29) is 18.3 Å². The Hall–Kier alpha value is -1.15. The van der Waals surface area contributed by atoms with E-state index in [4.69, 9.17) is 5.73 Å². The summed E-state index contributed by atoms with van der Waals surface area (Å²) in [5.74, 6) is -0.0790. The van der Waals surface area contributed by atoms with Crippen molar-refractivity contribution in [3.63, 3.8) is 0 Å². The number of nitrogens with zero attached hydrogens (tertiary/aromatic N) is 1. The number of carbonyl (C=O) groups is 1. The van der Waals surface area contributed by atoms with Gasteiger partial charge in [0.05, 0.1) is 4.90 Å². The Morgan fingerprint density at radius 1 is 1.07 bits per heavy atom. The van der Waals surface area contributed by atoms with Crippen LogP contribution in [0.5, 0.6) is 0 Å². The Kier molecular flexibility index (Phi) is 11.0. The predicted octanol–water partition coefficient (Wildman–Crippen LogP) is 3.83. The van der Waals surface area contributed by atoms with Crippen molar-refractivity contribution in [2.45, 2.75) is 69.6 Å². The molecule has 0 radical (unpaired) electrons. The van der Waals surface area contributed by atoms with E-state index in [1.54, 1.807) is 29.4 Å². The van der Waals surface area contributed by atoms with E-state index in [1.807, 2.05) is 0 Å². The summed E-state index contributed by atoms with van der Waals surface area (Å²) in [4.78, 5) is 12.4. The zero-order chi connectivity index (χ0) is 19.7. The number of rotatable bonds is 9. The molecule has 1 aromatic carbocycles. The lowest BCUT2D eigenvalue weighted by molar-refractivity contribution is -0.116. The highest BCUT2D eigenvalue weighted by molar-refractivity contribution is 7.89. The first-order valence-electron chi connectivity index (χ1n) is 10.1. The van der Waals surface area contributed by atoms with Crippen LogP contribution in [-0.4, -0.2) is 38.3 Å². The van der Waals surface area contributed by atoms with Crippen LogP contribution in [0.2, 0.25) is 0 Å². The zero-order valence-corrected chi connectivity index (χ0v) is 18.4. The van der Waals surface area contributed by atoms with Gasteiger partial charge in [0.25, 0.3) is 0 Å². The molecule has 160 valence electrons. The second kappa shape index (κ2) is 12.4. The molecule has 1 aliphatic rings. The van der Waals surface area contributed by atoms with Gasteiger partial charge >= 0.3 is 0 Å². The standard InChI is InChI=1S/C20H33N3O3S.ClH/c1-17-11-12-18(22-20(24)10-6-2-3-7-13-21)16-19(17)27(25,26)23-14-8-4-5-9-15-23;/h11-12,16H,2-10,13-15,21H2,1H3,(H,22,24);1H. The van der Waals surface area contributed by atoms with Gasteiger partial charge < -0.3 is 11.1 Å². The maximum absolute atomic E-state index is 13.1. The van der Waals surface area contributed by atoms with E-state index in [2.05, 4.69) is 5.32 Å². The number of anilines is 1. The molecule has 1 aromatic rings. The minimum absolute atomic E-state index is 0. The molecular formula is C20H34ClN3O3S. The minimum Gasteiger partial charge on any atom is -0.330 e. The second-order valence-electron chi connectivity index (χ2n) is 7.30. The van der Waals surface area contributed by atoms with Crippen LogP contribution >= 0.6 is 12.4 Å². The van der Waals surface area contributed by atoms with Gasteiger partial charge in [0.2, 0.25) is 15.9 Å². The van der Waals surface area contributed by atoms with E-state index >= 15 is 0 Å². The number of nitrogens with one attached hydrogen (secondary N) is 1. The van der Waals surface area contributed by atoms with Gasteiger partial charge in [0.15, 0.2) is 0 Å². The average Bonchev–Trinajstić information content (AvgIpc) is 2.93. The molecule has 28 heavy (non-hydrogen) atoms. The molecule has 1 amide bonds. The number of benzene rings is 1. The average molecular weight is 432 g/mol. The molecule has 0 aliphatic carbocycles. The SMILES string of the molecule is Cc1ccc(NC(=O)CCCCCCN)cc1S(=O)(=O)N1CCCCCC1.Cl. The Labute approximate surface area is 175 Å².